The van der Waals surface area contributed by atoms with Crippen LogP contribution in [0.4, 0.5) is 5.69 Å². The summed E-state index contributed by atoms with van der Waals surface area (Å²) in [4.78, 5) is 11.3. The fraction of sp³-hybridized carbons (Fsp3) is 0.533. The lowest BCUT2D eigenvalue weighted by atomic mass is 9.95. The number of fused-ring (bicyclic) bond motifs is 1. The molecule has 0 aromatic heterocycles. The number of anilines is 1. The second-order valence-electron chi connectivity index (χ2n) is 5.27. The number of hydrogen-bond donors (Lipinski definition) is 1. The van der Waals surface area contributed by atoms with E-state index in [1.807, 2.05) is 12.1 Å². The lowest BCUT2D eigenvalue weighted by Gasteiger charge is -2.27. The summed E-state index contributed by atoms with van der Waals surface area (Å²) in [6, 6.07) is 6.07. The Bertz CT molecular complexity index is 483. The zero-order chi connectivity index (χ0) is 13.2. The summed E-state index contributed by atoms with van der Waals surface area (Å²) < 4.78 is 5.75. The molecule has 2 aliphatic heterocycles. The molecule has 102 valence electrons. The van der Waals surface area contributed by atoms with Crippen LogP contribution in [0.25, 0.3) is 0 Å². The van der Waals surface area contributed by atoms with Crippen LogP contribution >= 0.6 is 11.6 Å². The van der Waals surface area contributed by atoms with Crippen LogP contribution < -0.4 is 5.32 Å². The van der Waals surface area contributed by atoms with Gasteiger partial charge in [0.05, 0.1) is 11.5 Å². The number of aryl methyl sites for hydroxylation is 1. The minimum Gasteiger partial charge on any atom is -0.376 e. The van der Waals surface area contributed by atoms with Crippen molar-refractivity contribution in [1.29, 1.82) is 0 Å². The Morgan fingerprint density at radius 3 is 3.00 bits per heavy atom. The molecule has 0 aliphatic carbocycles. The molecule has 3 nitrogen and oxygen atoms in total. The number of carbonyl (C=O) groups excluding carboxylic acids is 1. The molecule has 1 fully saturated rings. The minimum absolute atomic E-state index is 0.0942. The van der Waals surface area contributed by atoms with Crippen LogP contribution in [0.5, 0.6) is 0 Å². The van der Waals surface area contributed by atoms with E-state index >= 15 is 0 Å². The second kappa shape index (κ2) is 5.51. The van der Waals surface area contributed by atoms with E-state index < -0.39 is 0 Å². The van der Waals surface area contributed by atoms with E-state index in [0.29, 0.717) is 6.42 Å². The second-order valence-corrected chi connectivity index (χ2v) is 5.74. The van der Waals surface area contributed by atoms with Crippen LogP contribution in [0.15, 0.2) is 18.2 Å². The monoisotopic (exact) mass is 279 g/mol. The van der Waals surface area contributed by atoms with E-state index in [1.165, 1.54) is 12.0 Å². The number of halogens is 1. The summed E-state index contributed by atoms with van der Waals surface area (Å²) >= 11 is 6.54. The van der Waals surface area contributed by atoms with Crippen LogP contribution in [0, 0.1) is 0 Å². The number of rotatable bonds is 2. The van der Waals surface area contributed by atoms with Crippen molar-refractivity contribution in [2.75, 3.05) is 11.9 Å². The zero-order valence-electron chi connectivity index (χ0n) is 10.8. The van der Waals surface area contributed by atoms with Gasteiger partial charge in [0, 0.05) is 18.7 Å². The number of carbonyl (C=O) groups is 1. The lowest BCUT2D eigenvalue weighted by Crippen LogP contribution is -2.24. The Kier molecular flexibility index (Phi) is 3.76. The highest BCUT2D eigenvalue weighted by atomic mass is 35.5. The van der Waals surface area contributed by atoms with Gasteiger partial charge in [-0.2, -0.15) is 0 Å². The van der Waals surface area contributed by atoms with Gasteiger partial charge in [-0.05, 0) is 42.9 Å². The quantitative estimate of drug-likeness (QED) is 0.843. The predicted octanol–water partition coefficient (Wildman–Crippen LogP) is 3.42. The summed E-state index contributed by atoms with van der Waals surface area (Å²) in [5, 5.41) is 2.80. The molecule has 2 heterocycles. The number of hydrogen-bond acceptors (Lipinski definition) is 2. The average Bonchev–Trinajstić information content (AvgIpc) is 2.47. The molecule has 0 saturated carbocycles. The number of ether oxygens (including phenoxy) is 1. The van der Waals surface area contributed by atoms with Crippen molar-refractivity contribution in [2.24, 2.45) is 0 Å². The lowest BCUT2D eigenvalue weighted by molar-refractivity contribution is -0.116. The fourth-order valence-corrected chi connectivity index (χ4v) is 3.12. The third kappa shape index (κ3) is 2.77. The molecular weight excluding hydrogens is 262 g/mol. The van der Waals surface area contributed by atoms with Gasteiger partial charge in [0.15, 0.2) is 0 Å². The van der Waals surface area contributed by atoms with Crippen LogP contribution in [0.3, 0.4) is 0 Å². The highest BCUT2D eigenvalue weighted by molar-refractivity contribution is 6.21. The molecule has 0 spiro atoms. The van der Waals surface area contributed by atoms with E-state index in [1.54, 1.807) is 0 Å². The van der Waals surface area contributed by atoms with Crippen LogP contribution in [0.2, 0.25) is 0 Å². The van der Waals surface area contributed by atoms with E-state index in [4.69, 9.17) is 16.3 Å². The van der Waals surface area contributed by atoms with E-state index in [2.05, 4.69) is 11.4 Å². The van der Waals surface area contributed by atoms with Crippen molar-refractivity contribution in [2.45, 2.75) is 43.6 Å². The molecule has 1 aromatic carbocycles. The summed E-state index contributed by atoms with van der Waals surface area (Å²) in [7, 11) is 0. The number of nitrogens with one attached hydrogen (secondary N) is 1. The van der Waals surface area contributed by atoms with Crippen LogP contribution in [-0.4, -0.2) is 18.6 Å². The SMILES string of the molecule is O=C1CCc2cc(C(Cl)C3CCCCO3)ccc2N1. The molecule has 2 aliphatic rings. The van der Waals surface area contributed by atoms with Gasteiger partial charge in [-0.1, -0.05) is 12.1 Å². The standard InChI is InChI=1S/C15H18ClNO2/c16-15(13-3-1-2-8-19-13)11-4-6-12-10(9-11)5-7-14(18)17-12/h4,6,9,13,15H,1-3,5,7-8H2,(H,17,18). The minimum atomic E-state index is -0.0942. The molecule has 1 amide bonds. The van der Waals surface area contributed by atoms with Crippen molar-refractivity contribution < 1.29 is 9.53 Å². The van der Waals surface area contributed by atoms with Gasteiger partial charge in [-0.3, -0.25) is 4.79 Å². The Morgan fingerprint density at radius 1 is 1.32 bits per heavy atom. The third-order valence-corrected chi connectivity index (χ3v) is 4.42. The Hall–Kier alpha value is -1.06. The zero-order valence-corrected chi connectivity index (χ0v) is 11.6. The predicted molar refractivity (Wildman–Crippen MR) is 75.6 cm³/mol. The first-order valence-electron chi connectivity index (χ1n) is 6.92. The molecule has 1 aromatic rings. The van der Waals surface area contributed by atoms with Crippen molar-refractivity contribution in [1.82, 2.24) is 0 Å². The molecule has 19 heavy (non-hydrogen) atoms. The van der Waals surface area contributed by atoms with Gasteiger partial charge in [0.25, 0.3) is 0 Å². The van der Waals surface area contributed by atoms with Gasteiger partial charge in [0.1, 0.15) is 0 Å². The first-order chi connectivity index (χ1) is 9.24. The van der Waals surface area contributed by atoms with Gasteiger partial charge < -0.3 is 10.1 Å². The highest BCUT2D eigenvalue weighted by Gasteiger charge is 2.25. The molecule has 3 rings (SSSR count). The molecule has 1 saturated heterocycles. The first-order valence-corrected chi connectivity index (χ1v) is 7.36. The summed E-state index contributed by atoms with van der Waals surface area (Å²) in [6.07, 6.45) is 4.83. The van der Waals surface area contributed by atoms with E-state index in [9.17, 15) is 4.79 Å². The highest BCUT2D eigenvalue weighted by Crippen LogP contribution is 2.34. The van der Waals surface area contributed by atoms with Crippen LogP contribution in [0.1, 0.15) is 42.2 Å². The average molecular weight is 280 g/mol. The summed E-state index contributed by atoms with van der Waals surface area (Å²) in [5.74, 6) is 0.0956. The van der Waals surface area contributed by atoms with E-state index in [-0.39, 0.29) is 17.4 Å². The number of benzene rings is 1. The fourth-order valence-electron chi connectivity index (χ4n) is 2.79. The van der Waals surface area contributed by atoms with Crippen molar-refractivity contribution in [3.63, 3.8) is 0 Å². The molecule has 2 unspecified atom stereocenters. The molecule has 4 heteroatoms. The van der Waals surface area contributed by atoms with Crippen molar-refractivity contribution >= 4 is 23.2 Å². The molecule has 0 radical (unpaired) electrons. The van der Waals surface area contributed by atoms with Gasteiger partial charge in [0.2, 0.25) is 5.91 Å². The molecule has 0 bridgehead atoms. The van der Waals surface area contributed by atoms with Crippen LogP contribution in [-0.2, 0) is 16.0 Å². The Labute approximate surface area is 118 Å². The van der Waals surface area contributed by atoms with Gasteiger partial charge in [-0.25, -0.2) is 0 Å². The maximum Gasteiger partial charge on any atom is 0.224 e. The first kappa shape index (κ1) is 12.9. The molecular formula is C15H18ClNO2. The van der Waals surface area contributed by atoms with E-state index in [0.717, 1.165) is 37.1 Å². The third-order valence-electron chi connectivity index (χ3n) is 3.88. The van der Waals surface area contributed by atoms with Gasteiger partial charge >= 0.3 is 0 Å². The largest absolute Gasteiger partial charge is 0.376 e. The maximum atomic E-state index is 11.3. The summed E-state index contributed by atoms with van der Waals surface area (Å²) in [6.45, 7) is 0.814. The Balaban J connectivity index is 1.79. The maximum absolute atomic E-state index is 11.3. The Morgan fingerprint density at radius 2 is 2.21 bits per heavy atom. The van der Waals surface area contributed by atoms with Crippen molar-refractivity contribution in [3.05, 3.63) is 29.3 Å². The molecule has 1 N–H and O–H groups in total. The smallest absolute Gasteiger partial charge is 0.224 e. The topological polar surface area (TPSA) is 38.3 Å². The molecule has 2 atom stereocenters. The normalized spacial score (nSPS) is 24.5. The van der Waals surface area contributed by atoms with Gasteiger partial charge in [-0.15, -0.1) is 11.6 Å². The summed E-state index contributed by atoms with van der Waals surface area (Å²) in [5.41, 5.74) is 3.20. The van der Waals surface area contributed by atoms with Crippen molar-refractivity contribution in [3.8, 4) is 0 Å². The number of amides is 1. The number of alkyl halides is 1.